The fourth-order valence-electron chi connectivity index (χ4n) is 8.22. The standard InChI is InChI=1S/C42H45N7O5S/c1-23(2)42(4,39(52)30-16-28(50)17-32(30)41(53)43-19-25-9-11-26(12-10-25)38-24(3)44-22-55-38)37-15-27(48-54-37)20-49-14-13-34-33(21-49)31-18-35(46-47-40(31)45-34)29-7-5-6-8-36(29)51/h5-12,15,18,22-23,28,30,32,50-51H,13-14,16-17,19-21H2,1-4H3,(H,43,53)(H,45,47)/t28-,30+,32+,42-/m0/s1. The number of hydrogen-bond acceptors (Lipinski definition) is 11. The Labute approximate surface area is 323 Å². The zero-order chi connectivity index (χ0) is 38.4. The van der Waals surface area contributed by atoms with Crippen LogP contribution in [0.5, 0.6) is 5.75 Å². The number of aryl methyl sites for hydroxylation is 1. The average Bonchev–Trinajstić information content (AvgIpc) is 4.00. The molecule has 0 bridgehead atoms. The van der Waals surface area contributed by atoms with Gasteiger partial charge in [0.2, 0.25) is 5.91 Å². The monoisotopic (exact) mass is 759 g/mol. The van der Waals surface area contributed by atoms with Crippen LogP contribution in [0.1, 0.15) is 67.6 Å². The van der Waals surface area contributed by atoms with E-state index in [2.05, 4.69) is 35.5 Å². The zero-order valence-corrected chi connectivity index (χ0v) is 32.2. The highest BCUT2D eigenvalue weighted by molar-refractivity contribution is 7.13. The summed E-state index contributed by atoms with van der Waals surface area (Å²) in [6, 6.07) is 19.0. The number of carbonyl (C=O) groups excluding carboxylic acids is 2. The lowest BCUT2D eigenvalue weighted by atomic mass is 9.68. The summed E-state index contributed by atoms with van der Waals surface area (Å²) in [5, 5.41) is 38.4. The van der Waals surface area contributed by atoms with Gasteiger partial charge in [0.05, 0.1) is 44.9 Å². The third kappa shape index (κ3) is 6.96. The molecule has 1 fully saturated rings. The Morgan fingerprint density at radius 3 is 2.62 bits per heavy atom. The summed E-state index contributed by atoms with van der Waals surface area (Å²) in [5.41, 5.74) is 8.68. The fraction of sp³-hybridized carbons (Fsp3) is 0.381. The van der Waals surface area contributed by atoms with Crippen molar-refractivity contribution in [3.63, 3.8) is 0 Å². The molecule has 6 aromatic rings. The first-order chi connectivity index (χ1) is 26.5. The van der Waals surface area contributed by atoms with Gasteiger partial charge in [0, 0.05) is 61.2 Å². The first-order valence-corrected chi connectivity index (χ1v) is 19.7. The molecule has 1 aliphatic heterocycles. The highest BCUT2D eigenvalue weighted by Crippen LogP contribution is 2.43. The maximum atomic E-state index is 14.6. The Hall–Kier alpha value is -5.24. The Bertz CT molecular complexity index is 2370. The van der Waals surface area contributed by atoms with Gasteiger partial charge in [-0.2, -0.15) is 0 Å². The van der Waals surface area contributed by atoms with Crippen LogP contribution in [0.4, 0.5) is 0 Å². The number of H-pyrrole nitrogens is 1. The molecule has 284 valence electrons. The molecule has 0 radical (unpaired) electrons. The van der Waals surface area contributed by atoms with E-state index >= 15 is 0 Å². The summed E-state index contributed by atoms with van der Waals surface area (Å²) in [5.74, 6) is -1.22. The molecule has 4 aromatic heterocycles. The molecular weight excluding hydrogens is 715 g/mol. The molecule has 2 aromatic carbocycles. The summed E-state index contributed by atoms with van der Waals surface area (Å²) >= 11 is 1.60. The molecule has 4 N–H and O–H groups in total. The predicted molar refractivity (Wildman–Crippen MR) is 209 cm³/mol. The summed E-state index contributed by atoms with van der Waals surface area (Å²) < 4.78 is 5.97. The second-order valence-corrected chi connectivity index (χ2v) is 16.3. The molecule has 55 heavy (non-hydrogen) atoms. The number of aliphatic hydroxyl groups is 1. The average molecular weight is 760 g/mol. The maximum Gasteiger partial charge on any atom is 0.224 e. The molecule has 1 saturated carbocycles. The number of nitrogens with one attached hydrogen (secondary N) is 2. The second kappa shape index (κ2) is 14.8. The summed E-state index contributed by atoms with van der Waals surface area (Å²) in [4.78, 5) is 39.4. The van der Waals surface area contributed by atoms with Crippen molar-refractivity contribution in [3.8, 4) is 27.4 Å². The van der Waals surface area contributed by atoms with Crippen LogP contribution in [0.15, 0.2) is 70.7 Å². The number of phenolic OH excluding ortho intramolecular Hbond substituents is 1. The van der Waals surface area contributed by atoms with Crippen molar-refractivity contribution in [1.82, 2.24) is 35.5 Å². The number of benzene rings is 2. The number of fused-ring (bicyclic) bond motifs is 3. The number of aromatic hydroxyl groups is 1. The van der Waals surface area contributed by atoms with Crippen LogP contribution in [0.25, 0.3) is 32.7 Å². The number of Topliss-reactive ketones (excluding diaryl/α,β-unsaturated/α-hetero) is 1. The van der Waals surface area contributed by atoms with E-state index in [4.69, 9.17) is 4.52 Å². The molecule has 8 rings (SSSR count). The van der Waals surface area contributed by atoms with Crippen molar-refractivity contribution in [2.75, 3.05) is 6.54 Å². The Morgan fingerprint density at radius 1 is 1.09 bits per heavy atom. The van der Waals surface area contributed by atoms with E-state index in [1.165, 1.54) is 0 Å². The molecule has 0 spiro atoms. The van der Waals surface area contributed by atoms with Crippen LogP contribution in [0.2, 0.25) is 0 Å². The molecule has 13 heteroatoms. The Morgan fingerprint density at radius 2 is 1.87 bits per heavy atom. The van der Waals surface area contributed by atoms with Gasteiger partial charge in [-0.25, -0.2) is 4.98 Å². The first-order valence-electron chi connectivity index (χ1n) is 18.8. The summed E-state index contributed by atoms with van der Waals surface area (Å²) in [6.45, 7) is 10.1. The number of thiazole rings is 1. The molecule has 1 amide bonds. The van der Waals surface area contributed by atoms with Crippen molar-refractivity contribution in [2.24, 2.45) is 17.8 Å². The van der Waals surface area contributed by atoms with E-state index in [1.54, 1.807) is 23.5 Å². The van der Waals surface area contributed by atoms with Crippen LogP contribution in [0.3, 0.4) is 0 Å². The molecule has 12 nitrogen and oxygen atoms in total. The highest BCUT2D eigenvalue weighted by Gasteiger charge is 2.51. The van der Waals surface area contributed by atoms with Crippen molar-refractivity contribution < 1.29 is 24.3 Å². The molecule has 2 aliphatic rings. The lowest BCUT2D eigenvalue weighted by Crippen LogP contribution is -2.45. The molecular formula is C42H45N7O5S. The van der Waals surface area contributed by atoms with Gasteiger partial charge in [-0.05, 0) is 67.5 Å². The Balaban J connectivity index is 0.954. The number of para-hydroxylation sites is 1. The van der Waals surface area contributed by atoms with Gasteiger partial charge in [0.1, 0.15) is 5.75 Å². The molecule has 0 unspecified atom stereocenters. The maximum absolute atomic E-state index is 14.6. The smallest absolute Gasteiger partial charge is 0.224 e. The molecule has 1 aliphatic carbocycles. The zero-order valence-electron chi connectivity index (χ0n) is 31.4. The van der Waals surface area contributed by atoms with Gasteiger partial charge >= 0.3 is 0 Å². The van der Waals surface area contributed by atoms with Gasteiger partial charge < -0.3 is 25.0 Å². The highest BCUT2D eigenvalue weighted by atomic mass is 32.1. The van der Waals surface area contributed by atoms with Gasteiger partial charge in [-0.15, -0.1) is 21.5 Å². The number of aromatic amines is 1. The van der Waals surface area contributed by atoms with Crippen LogP contribution in [-0.2, 0) is 41.1 Å². The number of amides is 1. The van der Waals surface area contributed by atoms with Gasteiger partial charge in [-0.1, -0.05) is 55.4 Å². The minimum atomic E-state index is -1.06. The SMILES string of the molecule is Cc1ncsc1-c1ccc(CNC(=O)[C@@H]2C[C@@H](O)C[C@H]2C(=O)[C@](C)(c2cc(CN3CCc4[nH]c5nnc(-c6ccccc6O)cc5c4C3)no2)C(C)C)cc1. The van der Waals surface area contributed by atoms with Crippen LogP contribution in [-0.4, -0.2) is 64.8 Å². The number of aromatic nitrogens is 5. The van der Waals surface area contributed by atoms with Crippen LogP contribution >= 0.6 is 11.3 Å². The van der Waals surface area contributed by atoms with Gasteiger partial charge in [0.15, 0.2) is 17.2 Å². The van der Waals surface area contributed by atoms with E-state index in [9.17, 15) is 19.8 Å². The van der Waals surface area contributed by atoms with Crippen molar-refractivity contribution in [2.45, 2.75) is 78.1 Å². The number of phenols is 1. The van der Waals surface area contributed by atoms with Crippen LogP contribution in [0, 0.1) is 24.7 Å². The van der Waals surface area contributed by atoms with Gasteiger partial charge in [0.25, 0.3) is 0 Å². The third-order valence-electron chi connectivity index (χ3n) is 11.8. The third-order valence-corrected chi connectivity index (χ3v) is 12.7. The normalized spacial score (nSPS) is 19.8. The number of rotatable bonds is 11. The van der Waals surface area contributed by atoms with Crippen molar-refractivity contribution >= 4 is 34.1 Å². The largest absolute Gasteiger partial charge is 0.507 e. The number of aliphatic hydroxyl groups excluding tert-OH is 1. The van der Waals surface area contributed by atoms with E-state index in [-0.39, 0.29) is 36.2 Å². The second-order valence-electron chi connectivity index (χ2n) is 15.5. The number of hydrogen-bond donors (Lipinski definition) is 4. The first kappa shape index (κ1) is 36.7. The van der Waals surface area contributed by atoms with Crippen molar-refractivity contribution in [1.29, 1.82) is 0 Å². The summed E-state index contributed by atoms with van der Waals surface area (Å²) in [7, 11) is 0. The fourth-order valence-corrected chi connectivity index (χ4v) is 9.03. The lowest BCUT2D eigenvalue weighted by Gasteiger charge is -2.33. The van der Waals surface area contributed by atoms with E-state index < -0.39 is 23.4 Å². The molecule has 4 atom stereocenters. The van der Waals surface area contributed by atoms with E-state index in [0.29, 0.717) is 48.0 Å². The summed E-state index contributed by atoms with van der Waals surface area (Å²) in [6.07, 6.45) is 0.490. The topological polar surface area (TPSA) is 170 Å². The number of carbonyl (C=O) groups is 2. The molecule has 0 saturated heterocycles. The van der Waals surface area contributed by atoms with Crippen LogP contribution < -0.4 is 5.32 Å². The Kier molecular flexibility index (Phi) is 9.87. The van der Waals surface area contributed by atoms with E-state index in [1.807, 2.05) is 81.7 Å². The number of nitrogens with zero attached hydrogens (tertiary/aromatic N) is 5. The number of ketones is 1. The minimum Gasteiger partial charge on any atom is -0.507 e. The predicted octanol–water partition coefficient (Wildman–Crippen LogP) is 6.50. The minimum absolute atomic E-state index is 0.117. The van der Waals surface area contributed by atoms with E-state index in [0.717, 1.165) is 51.3 Å². The van der Waals surface area contributed by atoms with Gasteiger partial charge in [-0.3, -0.25) is 14.5 Å². The van der Waals surface area contributed by atoms with Crippen molar-refractivity contribution in [3.05, 3.63) is 100 Å². The molecule has 5 heterocycles. The lowest BCUT2D eigenvalue weighted by molar-refractivity contribution is -0.137. The quantitative estimate of drug-likeness (QED) is 0.114.